The maximum Gasteiger partial charge on any atom is 0.313 e. The van der Waals surface area contributed by atoms with Gasteiger partial charge in [-0.15, -0.1) is 21.5 Å². The highest BCUT2D eigenvalue weighted by Crippen LogP contribution is 2.38. The molecule has 2 aromatic rings. The molecule has 21 heavy (non-hydrogen) atoms. The van der Waals surface area contributed by atoms with Gasteiger partial charge < -0.3 is 9.67 Å². The van der Waals surface area contributed by atoms with E-state index in [2.05, 4.69) is 24.0 Å². The molecule has 0 aliphatic carbocycles. The molecule has 0 radical (unpaired) electrons. The Morgan fingerprint density at radius 2 is 2.19 bits per heavy atom. The fourth-order valence-electron chi connectivity index (χ4n) is 1.74. The Balaban J connectivity index is 2.41. The van der Waals surface area contributed by atoms with Gasteiger partial charge in [0.15, 0.2) is 11.0 Å². The summed E-state index contributed by atoms with van der Waals surface area (Å²) in [5, 5.41) is 17.6. The molecule has 0 amide bonds. The Labute approximate surface area is 140 Å². The van der Waals surface area contributed by atoms with Crippen molar-refractivity contribution in [3.8, 4) is 11.4 Å². The van der Waals surface area contributed by atoms with E-state index in [1.807, 2.05) is 4.57 Å². The van der Waals surface area contributed by atoms with Crippen LogP contribution in [-0.2, 0) is 11.3 Å². The first-order chi connectivity index (χ1) is 9.88. The molecule has 2 aromatic heterocycles. The predicted molar refractivity (Wildman–Crippen MR) is 86.6 cm³/mol. The van der Waals surface area contributed by atoms with Crippen LogP contribution in [0, 0.1) is 5.92 Å². The summed E-state index contributed by atoms with van der Waals surface area (Å²) in [6.45, 7) is 4.81. The van der Waals surface area contributed by atoms with Gasteiger partial charge in [-0.3, -0.25) is 4.79 Å². The smallest absolute Gasteiger partial charge is 0.313 e. The molecule has 0 atom stereocenters. The van der Waals surface area contributed by atoms with E-state index in [0.717, 1.165) is 17.3 Å². The van der Waals surface area contributed by atoms with Crippen LogP contribution >= 0.6 is 46.3 Å². The van der Waals surface area contributed by atoms with Crippen LogP contribution in [0.1, 0.15) is 13.8 Å². The van der Waals surface area contributed by atoms with E-state index in [1.54, 1.807) is 6.07 Å². The number of thioether (sulfide) groups is 1. The van der Waals surface area contributed by atoms with Gasteiger partial charge in [0, 0.05) is 6.54 Å². The standard InChI is InChI=1S/C12H13Cl2N3O2S2/c1-6(2)4-17-11(7-3-8(13)21-10(7)14)15-16-12(17)20-5-9(18)19/h3,6H,4-5H2,1-2H3,(H,18,19). The van der Waals surface area contributed by atoms with Crippen LogP contribution in [0.15, 0.2) is 11.2 Å². The van der Waals surface area contributed by atoms with Crippen LogP contribution in [0.3, 0.4) is 0 Å². The van der Waals surface area contributed by atoms with Crippen LogP contribution in [0.2, 0.25) is 8.67 Å². The van der Waals surface area contributed by atoms with E-state index >= 15 is 0 Å². The van der Waals surface area contributed by atoms with Crippen molar-refractivity contribution in [2.24, 2.45) is 5.92 Å². The van der Waals surface area contributed by atoms with Gasteiger partial charge in [0.2, 0.25) is 0 Å². The topological polar surface area (TPSA) is 68.0 Å². The van der Waals surface area contributed by atoms with Crippen molar-refractivity contribution in [1.82, 2.24) is 14.8 Å². The van der Waals surface area contributed by atoms with Gasteiger partial charge in [-0.2, -0.15) is 0 Å². The molecule has 0 spiro atoms. The lowest BCUT2D eigenvalue weighted by Crippen LogP contribution is -2.09. The number of aromatic nitrogens is 3. The summed E-state index contributed by atoms with van der Waals surface area (Å²) < 4.78 is 3.02. The minimum Gasteiger partial charge on any atom is -0.481 e. The molecule has 2 heterocycles. The fraction of sp³-hybridized carbons (Fsp3) is 0.417. The van der Waals surface area contributed by atoms with Gasteiger partial charge in [-0.1, -0.05) is 48.8 Å². The third-order valence-electron chi connectivity index (χ3n) is 2.49. The van der Waals surface area contributed by atoms with Gasteiger partial charge in [0.25, 0.3) is 0 Å². The second-order valence-corrected chi connectivity index (χ2v) is 7.96. The quantitative estimate of drug-likeness (QED) is 0.778. The van der Waals surface area contributed by atoms with E-state index in [4.69, 9.17) is 28.3 Å². The molecule has 114 valence electrons. The number of carbonyl (C=O) groups is 1. The first-order valence-corrected chi connectivity index (χ1v) is 8.67. The van der Waals surface area contributed by atoms with Gasteiger partial charge in [0.1, 0.15) is 4.34 Å². The molecular formula is C12H13Cl2N3O2S2. The van der Waals surface area contributed by atoms with Crippen molar-refractivity contribution in [2.45, 2.75) is 25.5 Å². The average Bonchev–Trinajstić information content (AvgIpc) is 2.89. The van der Waals surface area contributed by atoms with Crippen molar-refractivity contribution in [1.29, 1.82) is 0 Å². The third-order valence-corrected chi connectivity index (χ3v) is 4.93. The van der Waals surface area contributed by atoms with E-state index in [1.165, 1.54) is 11.3 Å². The van der Waals surface area contributed by atoms with Crippen molar-refractivity contribution in [2.75, 3.05) is 5.75 Å². The molecule has 1 N–H and O–H groups in total. The van der Waals surface area contributed by atoms with Crippen molar-refractivity contribution >= 4 is 52.3 Å². The minimum absolute atomic E-state index is 0.0612. The van der Waals surface area contributed by atoms with Crippen molar-refractivity contribution in [3.63, 3.8) is 0 Å². The van der Waals surface area contributed by atoms with Gasteiger partial charge in [-0.25, -0.2) is 0 Å². The molecule has 0 bridgehead atoms. The number of aliphatic carboxylic acids is 1. The van der Waals surface area contributed by atoms with Gasteiger partial charge in [-0.05, 0) is 12.0 Å². The monoisotopic (exact) mass is 365 g/mol. The average molecular weight is 366 g/mol. The summed E-state index contributed by atoms with van der Waals surface area (Å²) in [5.41, 5.74) is 0.724. The number of thiophene rings is 1. The molecule has 0 fully saturated rings. The van der Waals surface area contributed by atoms with E-state index in [9.17, 15) is 4.79 Å². The van der Waals surface area contributed by atoms with E-state index in [0.29, 0.717) is 32.1 Å². The number of halogens is 2. The molecule has 9 heteroatoms. The Kier molecular flexibility index (Phi) is 5.54. The van der Waals surface area contributed by atoms with Crippen LogP contribution in [0.4, 0.5) is 0 Å². The summed E-state index contributed by atoms with van der Waals surface area (Å²) in [7, 11) is 0. The highest BCUT2D eigenvalue weighted by atomic mass is 35.5. The van der Waals surface area contributed by atoms with Gasteiger partial charge in [0.05, 0.1) is 15.7 Å². The summed E-state index contributed by atoms with van der Waals surface area (Å²) in [4.78, 5) is 10.7. The Hall–Kier alpha value is -0.760. The highest BCUT2D eigenvalue weighted by Gasteiger charge is 2.20. The van der Waals surface area contributed by atoms with E-state index < -0.39 is 5.97 Å². The zero-order valence-corrected chi connectivity index (χ0v) is 14.5. The fourth-order valence-corrected chi connectivity index (χ4v) is 3.87. The molecule has 0 aliphatic heterocycles. The van der Waals surface area contributed by atoms with Gasteiger partial charge >= 0.3 is 5.97 Å². The molecule has 0 saturated carbocycles. The maximum atomic E-state index is 10.7. The third kappa shape index (κ3) is 4.12. The molecule has 0 aromatic carbocycles. The minimum atomic E-state index is -0.891. The highest BCUT2D eigenvalue weighted by molar-refractivity contribution is 7.99. The Morgan fingerprint density at radius 1 is 1.48 bits per heavy atom. The Morgan fingerprint density at radius 3 is 2.71 bits per heavy atom. The number of rotatable bonds is 6. The lowest BCUT2D eigenvalue weighted by Gasteiger charge is -2.11. The van der Waals surface area contributed by atoms with Crippen LogP contribution in [0.25, 0.3) is 11.4 Å². The number of hydrogen-bond acceptors (Lipinski definition) is 5. The summed E-state index contributed by atoms with van der Waals surface area (Å²) in [6, 6.07) is 1.75. The SMILES string of the molecule is CC(C)Cn1c(SCC(=O)O)nnc1-c1cc(Cl)sc1Cl. The largest absolute Gasteiger partial charge is 0.481 e. The summed E-state index contributed by atoms with van der Waals surface area (Å²) in [6.07, 6.45) is 0. The number of carboxylic acids is 1. The van der Waals surface area contributed by atoms with Crippen LogP contribution in [0.5, 0.6) is 0 Å². The van der Waals surface area contributed by atoms with Crippen molar-refractivity contribution in [3.05, 3.63) is 14.7 Å². The second-order valence-electron chi connectivity index (χ2n) is 4.73. The molecule has 0 saturated heterocycles. The number of carboxylic acid groups (broad SMARTS) is 1. The molecule has 0 unspecified atom stereocenters. The summed E-state index contributed by atoms with van der Waals surface area (Å²) >= 11 is 14.6. The van der Waals surface area contributed by atoms with Crippen molar-refractivity contribution < 1.29 is 9.90 Å². The first-order valence-electron chi connectivity index (χ1n) is 6.11. The number of nitrogens with zero attached hydrogens (tertiary/aromatic N) is 3. The molecule has 0 aliphatic rings. The number of hydrogen-bond donors (Lipinski definition) is 1. The predicted octanol–water partition coefficient (Wildman–Crippen LogP) is 4.15. The van der Waals surface area contributed by atoms with E-state index in [-0.39, 0.29) is 5.75 Å². The first kappa shape index (κ1) is 16.6. The maximum absolute atomic E-state index is 10.7. The Bertz CT molecular complexity index is 655. The zero-order chi connectivity index (χ0) is 15.6. The molecular weight excluding hydrogens is 353 g/mol. The lowest BCUT2D eigenvalue weighted by molar-refractivity contribution is -0.133. The zero-order valence-electron chi connectivity index (χ0n) is 11.3. The van der Waals surface area contributed by atoms with Crippen LogP contribution < -0.4 is 0 Å². The second kappa shape index (κ2) is 7.00. The lowest BCUT2D eigenvalue weighted by atomic mass is 10.2. The normalized spacial score (nSPS) is 11.3. The van der Waals surface area contributed by atoms with Crippen LogP contribution in [-0.4, -0.2) is 31.6 Å². The summed E-state index contributed by atoms with van der Waals surface area (Å²) in [5.74, 6) is 0.0211. The molecule has 2 rings (SSSR count). The molecule has 5 nitrogen and oxygen atoms in total.